The molecule has 0 bridgehead atoms. The lowest BCUT2D eigenvalue weighted by Crippen LogP contribution is -2.29. The molecule has 5 nitrogen and oxygen atoms in total. The number of rotatable bonds is 5. The highest BCUT2D eigenvalue weighted by molar-refractivity contribution is 5.93. The summed E-state index contributed by atoms with van der Waals surface area (Å²) in [6, 6.07) is 0.166. The average Bonchev–Trinajstić information content (AvgIpc) is 2.64. The molecule has 0 aromatic carbocycles. The molecular formula is C10H18N4O. The second-order valence-corrected chi connectivity index (χ2v) is 3.62. The number of carbonyl (C=O) groups is 1. The van der Waals surface area contributed by atoms with Crippen LogP contribution in [0.3, 0.4) is 0 Å². The summed E-state index contributed by atoms with van der Waals surface area (Å²) in [5.74, 6) is -0.0913. The van der Waals surface area contributed by atoms with Crippen molar-refractivity contribution >= 4 is 5.91 Å². The van der Waals surface area contributed by atoms with Crippen molar-refractivity contribution in [1.82, 2.24) is 15.1 Å². The standard InChI is InChI=1S/C10H18N4O/c1-3-9(11)4-5-12-10(15)8-6-13-14(2)7-8/h6-7,9H,3-5,11H2,1-2H3,(H,12,15). The van der Waals surface area contributed by atoms with E-state index in [1.165, 1.54) is 0 Å². The molecule has 0 saturated carbocycles. The summed E-state index contributed by atoms with van der Waals surface area (Å²) in [6.07, 6.45) is 4.98. The fourth-order valence-corrected chi connectivity index (χ4v) is 1.22. The summed E-state index contributed by atoms with van der Waals surface area (Å²) >= 11 is 0. The van der Waals surface area contributed by atoms with E-state index in [0.29, 0.717) is 12.1 Å². The first-order valence-electron chi connectivity index (χ1n) is 5.16. The second-order valence-electron chi connectivity index (χ2n) is 3.62. The maximum atomic E-state index is 11.5. The van der Waals surface area contributed by atoms with E-state index in [4.69, 9.17) is 5.73 Å². The first-order chi connectivity index (χ1) is 7.13. The smallest absolute Gasteiger partial charge is 0.254 e. The van der Waals surface area contributed by atoms with E-state index in [0.717, 1.165) is 12.8 Å². The molecule has 5 heteroatoms. The molecular weight excluding hydrogens is 192 g/mol. The van der Waals surface area contributed by atoms with E-state index in [9.17, 15) is 4.79 Å². The summed E-state index contributed by atoms with van der Waals surface area (Å²) in [6.45, 7) is 2.65. The molecule has 84 valence electrons. The van der Waals surface area contributed by atoms with Crippen molar-refractivity contribution in [3.05, 3.63) is 18.0 Å². The molecule has 0 radical (unpaired) electrons. The molecule has 1 amide bonds. The zero-order valence-electron chi connectivity index (χ0n) is 9.23. The Hall–Kier alpha value is -1.36. The number of hydrogen-bond acceptors (Lipinski definition) is 3. The van der Waals surface area contributed by atoms with Gasteiger partial charge in [-0.2, -0.15) is 5.10 Å². The highest BCUT2D eigenvalue weighted by Gasteiger charge is 2.07. The van der Waals surface area contributed by atoms with Gasteiger partial charge in [-0.25, -0.2) is 0 Å². The highest BCUT2D eigenvalue weighted by atomic mass is 16.1. The van der Waals surface area contributed by atoms with Crippen LogP contribution in [-0.4, -0.2) is 28.3 Å². The summed E-state index contributed by atoms with van der Waals surface area (Å²) < 4.78 is 1.60. The Balaban J connectivity index is 2.31. The number of aromatic nitrogens is 2. The third-order valence-electron chi connectivity index (χ3n) is 2.29. The number of aryl methyl sites for hydroxylation is 1. The number of hydrogen-bond donors (Lipinski definition) is 2. The van der Waals surface area contributed by atoms with Gasteiger partial charge in [0, 0.05) is 25.8 Å². The number of nitrogens with two attached hydrogens (primary N) is 1. The maximum Gasteiger partial charge on any atom is 0.254 e. The number of nitrogens with zero attached hydrogens (tertiary/aromatic N) is 2. The predicted octanol–water partition coefficient (Wildman–Crippen LogP) is 0.277. The van der Waals surface area contributed by atoms with Crippen molar-refractivity contribution in [3.63, 3.8) is 0 Å². The number of carbonyl (C=O) groups excluding carboxylic acids is 1. The Bertz CT molecular complexity index is 321. The molecule has 0 aliphatic rings. The minimum absolute atomic E-state index is 0.0913. The summed E-state index contributed by atoms with van der Waals surface area (Å²) in [5.41, 5.74) is 6.32. The lowest BCUT2D eigenvalue weighted by atomic mass is 10.2. The van der Waals surface area contributed by atoms with E-state index in [2.05, 4.69) is 10.4 Å². The van der Waals surface area contributed by atoms with Gasteiger partial charge in [0.15, 0.2) is 0 Å². The Kier molecular flexibility index (Phi) is 4.30. The molecule has 1 aromatic rings. The summed E-state index contributed by atoms with van der Waals surface area (Å²) in [7, 11) is 1.78. The zero-order chi connectivity index (χ0) is 11.3. The van der Waals surface area contributed by atoms with Gasteiger partial charge < -0.3 is 11.1 Å². The van der Waals surface area contributed by atoms with Gasteiger partial charge in [0.05, 0.1) is 11.8 Å². The van der Waals surface area contributed by atoms with Crippen LogP contribution >= 0.6 is 0 Å². The Morgan fingerprint density at radius 1 is 1.73 bits per heavy atom. The van der Waals surface area contributed by atoms with Gasteiger partial charge in [-0.1, -0.05) is 6.92 Å². The van der Waals surface area contributed by atoms with Crippen molar-refractivity contribution in [2.45, 2.75) is 25.8 Å². The van der Waals surface area contributed by atoms with Gasteiger partial charge >= 0.3 is 0 Å². The Labute approximate surface area is 89.6 Å². The monoisotopic (exact) mass is 210 g/mol. The molecule has 0 aliphatic carbocycles. The first kappa shape index (κ1) is 11.7. The van der Waals surface area contributed by atoms with Crippen LogP contribution in [0.4, 0.5) is 0 Å². The normalized spacial score (nSPS) is 12.5. The van der Waals surface area contributed by atoms with Crippen molar-refractivity contribution in [1.29, 1.82) is 0 Å². The molecule has 0 aliphatic heterocycles. The van der Waals surface area contributed by atoms with Crippen LogP contribution in [0.25, 0.3) is 0 Å². The van der Waals surface area contributed by atoms with E-state index in [1.54, 1.807) is 24.1 Å². The number of nitrogens with one attached hydrogen (secondary N) is 1. The van der Waals surface area contributed by atoms with Crippen LogP contribution in [0.5, 0.6) is 0 Å². The van der Waals surface area contributed by atoms with Crippen molar-refractivity contribution in [2.24, 2.45) is 12.8 Å². The molecule has 1 aromatic heterocycles. The molecule has 1 atom stereocenters. The SMILES string of the molecule is CCC(N)CCNC(=O)c1cnn(C)c1. The quantitative estimate of drug-likeness (QED) is 0.733. The van der Waals surface area contributed by atoms with Crippen LogP contribution < -0.4 is 11.1 Å². The lowest BCUT2D eigenvalue weighted by Gasteiger charge is -2.08. The van der Waals surface area contributed by atoms with Gasteiger partial charge in [-0.15, -0.1) is 0 Å². The molecule has 1 unspecified atom stereocenters. The molecule has 1 heterocycles. The Morgan fingerprint density at radius 3 is 3.00 bits per heavy atom. The van der Waals surface area contributed by atoms with E-state index < -0.39 is 0 Å². The minimum Gasteiger partial charge on any atom is -0.352 e. The summed E-state index contributed by atoms with van der Waals surface area (Å²) in [5, 5.41) is 6.73. The minimum atomic E-state index is -0.0913. The Morgan fingerprint density at radius 2 is 2.47 bits per heavy atom. The molecule has 15 heavy (non-hydrogen) atoms. The second kappa shape index (κ2) is 5.50. The third-order valence-corrected chi connectivity index (χ3v) is 2.29. The van der Waals surface area contributed by atoms with Crippen LogP contribution in [0.1, 0.15) is 30.1 Å². The van der Waals surface area contributed by atoms with E-state index >= 15 is 0 Å². The van der Waals surface area contributed by atoms with Crippen LogP contribution in [0.2, 0.25) is 0 Å². The molecule has 1 rings (SSSR count). The van der Waals surface area contributed by atoms with Crippen LogP contribution in [-0.2, 0) is 7.05 Å². The van der Waals surface area contributed by atoms with E-state index in [-0.39, 0.29) is 11.9 Å². The lowest BCUT2D eigenvalue weighted by molar-refractivity contribution is 0.0952. The van der Waals surface area contributed by atoms with Crippen molar-refractivity contribution < 1.29 is 4.79 Å². The average molecular weight is 210 g/mol. The van der Waals surface area contributed by atoms with Crippen LogP contribution in [0, 0.1) is 0 Å². The molecule has 3 N–H and O–H groups in total. The fourth-order valence-electron chi connectivity index (χ4n) is 1.22. The third kappa shape index (κ3) is 3.71. The number of amides is 1. The van der Waals surface area contributed by atoms with Gasteiger partial charge in [-0.3, -0.25) is 9.48 Å². The van der Waals surface area contributed by atoms with Gasteiger partial charge in [0.25, 0.3) is 5.91 Å². The van der Waals surface area contributed by atoms with Gasteiger partial charge in [-0.05, 0) is 12.8 Å². The molecule has 0 spiro atoms. The van der Waals surface area contributed by atoms with Gasteiger partial charge in [0.1, 0.15) is 0 Å². The highest BCUT2D eigenvalue weighted by Crippen LogP contribution is 1.96. The fraction of sp³-hybridized carbons (Fsp3) is 0.600. The van der Waals surface area contributed by atoms with Crippen molar-refractivity contribution in [2.75, 3.05) is 6.54 Å². The topological polar surface area (TPSA) is 72.9 Å². The molecule has 0 fully saturated rings. The summed E-state index contributed by atoms with van der Waals surface area (Å²) in [4.78, 5) is 11.5. The van der Waals surface area contributed by atoms with Crippen molar-refractivity contribution in [3.8, 4) is 0 Å². The predicted molar refractivity (Wildman–Crippen MR) is 58.4 cm³/mol. The first-order valence-corrected chi connectivity index (χ1v) is 5.16. The van der Waals surface area contributed by atoms with E-state index in [1.807, 2.05) is 6.92 Å². The maximum absolute atomic E-state index is 11.5. The zero-order valence-corrected chi connectivity index (χ0v) is 9.23. The largest absolute Gasteiger partial charge is 0.352 e. The molecule has 0 saturated heterocycles. The van der Waals surface area contributed by atoms with Crippen LogP contribution in [0.15, 0.2) is 12.4 Å². The van der Waals surface area contributed by atoms with Gasteiger partial charge in [0.2, 0.25) is 0 Å².